The van der Waals surface area contributed by atoms with Gasteiger partial charge in [-0.15, -0.1) is 10.2 Å². The Balaban J connectivity index is -0.0000000319. The summed E-state index contributed by atoms with van der Waals surface area (Å²) < 4.78 is 5.63. The zero-order valence-corrected chi connectivity index (χ0v) is 126. The van der Waals surface area contributed by atoms with Crippen LogP contribution in [0, 0.1) is 13.8 Å². The van der Waals surface area contributed by atoms with Gasteiger partial charge in [0.2, 0.25) is 11.8 Å². The number of hydrogen-bond donors (Lipinski definition) is 0. The van der Waals surface area contributed by atoms with E-state index in [4.69, 9.17) is 4.42 Å². The van der Waals surface area contributed by atoms with Crippen LogP contribution in [0.2, 0.25) is 0 Å². The molecule has 0 radical (unpaired) electrons. The fraction of sp³-hybridized carbons (Fsp3) is 0.365. The van der Waals surface area contributed by atoms with Gasteiger partial charge < -0.3 is 17.3 Å². The predicted molar refractivity (Wildman–Crippen MR) is 595 cm³/mol. The van der Waals surface area contributed by atoms with Crippen LogP contribution in [-0.2, 0) is 0 Å². The first-order chi connectivity index (χ1) is 64.1. The third-order valence-corrected chi connectivity index (χ3v) is 11.8. The van der Waals surface area contributed by atoms with Gasteiger partial charge in [0.05, 0.1) is 22.1 Å². The number of para-hydroxylation sites is 4. The van der Waals surface area contributed by atoms with Crippen LogP contribution in [-0.4, -0.2) is 65.3 Å². The van der Waals surface area contributed by atoms with E-state index in [1.807, 2.05) is 471 Å². The fourth-order valence-electron chi connectivity index (χ4n) is 7.55. The van der Waals surface area contributed by atoms with Crippen molar-refractivity contribution >= 4 is 43.6 Å². The fourth-order valence-corrected chi connectivity index (χ4v) is 7.55. The van der Waals surface area contributed by atoms with Crippen molar-refractivity contribution in [2.24, 2.45) is 0 Å². The molecule has 0 saturated carbocycles. The standard InChI is InChI=1S/C14H10N2O.C11H10.2C9H7N.C8H6N2.C7H8.C5H5N.3C4H4N2.20C2H6.9K.9H/c1-3-7-11(8-4-1)13-15-16-14(17-13)12-9-5-2-6-10-12;1-9-5-4-7-10-6-2-3-8-11(9)10;2*1-2-6-9-8(4-1)5-3-7-10-9;1-2-4-8-7(3-1)9-5-6-10-8;1-7-5-3-2-4-6-7;1-2-4-6-5-3-1;1-2-6-4-3-5-1;1-2-5-4-6-3-1;1-2-4-6-5-3-1;20*1-2;;;;;;;;;;;;;;;;;;/h1-10H;2-8H,1H3;2*1-7H;1-6H;2-6H,1H3;1-5H;3*1-4H;20*1-2H3;;;;;;;;;;;;;;;;;;/q;;;;;;;;;;;;;;;;;;;;;;;;;;;;;;9*+1;9*-1. The van der Waals surface area contributed by atoms with Gasteiger partial charge in [-0.05, 0) is 121 Å². The van der Waals surface area contributed by atoms with Crippen molar-refractivity contribution in [3.63, 3.8) is 0 Å². The molecule has 16 aromatic rings. The molecule has 734 valence electrons. The summed E-state index contributed by atoms with van der Waals surface area (Å²) in [5.41, 5.74) is 8.56. The van der Waals surface area contributed by atoms with Crippen molar-refractivity contribution in [1.82, 2.24) is 65.3 Å². The van der Waals surface area contributed by atoms with Crippen molar-refractivity contribution in [1.29, 1.82) is 0 Å². The van der Waals surface area contributed by atoms with E-state index in [1.54, 1.807) is 80.4 Å². The molecule has 0 unspecified atom stereocenters. The Morgan fingerprint density at radius 1 is 0.181 bits per heavy atom. The minimum absolute atomic E-state index is 0. The van der Waals surface area contributed by atoms with Crippen LogP contribution < -0.4 is 462 Å². The maximum absolute atomic E-state index is 5.63. The Bertz CT molecular complexity index is 3800. The molecule has 23 heteroatoms. The molecule has 0 saturated heterocycles. The van der Waals surface area contributed by atoms with Gasteiger partial charge in [-0.25, -0.2) is 9.97 Å². The van der Waals surface area contributed by atoms with Crippen LogP contribution in [0.1, 0.15) is 301 Å². The molecular formula is C115H194K9N13O. The smallest absolute Gasteiger partial charge is 1.00 e. The summed E-state index contributed by atoms with van der Waals surface area (Å²) in [7, 11) is 0. The summed E-state index contributed by atoms with van der Waals surface area (Å²) in [6.45, 7) is 84.2. The van der Waals surface area contributed by atoms with Gasteiger partial charge in [0.15, 0.2) is 0 Å². The van der Waals surface area contributed by atoms with Gasteiger partial charge in [-0.2, -0.15) is 10.2 Å². The average Bonchev–Trinajstić information content (AvgIpc) is 1.78. The second-order valence-corrected chi connectivity index (χ2v) is 18.3. The molecule has 0 N–H and O–H groups in total. The molecule has 0 fully saturated rings. The quantitative estimate of drug-likeness (QED) is 0.149. The molecule has 0 bridgehead atoms. The molecule has 0 spiro atoms. The molecule has 0 aliphatic carbocycles. The molecular weight excluding hydrogens is 1930 g/mol. The van der Waals surface area contributed by atoms with E-state index >= 15 is 0 Å². The van der Waals surface area contributed by atoms with Crippen LogP contribution in [0.15, 0.2) is 364 Å². The number of benzene rings is 8. The zero-order valence-electron chi connectivity index (χ0n) is 107. The number of aryl methyl sites for hydroxylation is 2. The van der Waals surface area contributed by atoms with E-state index in [-0.39, 0.29) is 475 Å². The summed E-state index contributed by atoms with van der Waals surface area (Å²) in [5, 5.41) is 20.2. The first-order valence-corrected chi connectivity index (χ1v) is 48.2. The van der Waals surface area contributed by atoms with E-state index in [9.17, 15) is 0 Å². The van der Waals surface area contributed by atoms with E-state index < -0.39 is 0 Å². The Morgan fingerprint density at radius 2 is 0.420 bits per heavy atom. The third-order valence-electron chi connectivity index (χ3n) is 11.8. The van der Waals surface area contributed by atoms with Crippen molar-refractivity contribution in [2.45, 2.75) is 291 Å². The second kappa shape index (κ2) is 194. The molecule has 0 aliphatic rings. The average molecular weight is 2130 g/mol. The maximum atomic E-state index is 5.63. The van der Waals surface area contributed by atoms with Gasteiger partial charge in [-0.1, -0.05) is 458 Å². The summed E-state index contributed by atoms with van der Waals surface area (Å²) in [6, 6.07) is 87.7. The van der Waals surface area contributed by atoms with Crippen LogP contribution in [0.5, 0.6) is 0 Å². The van der Waals surface area contributed by atoms with Crippen molar-refractivity contribution in [3.05, 3.63) is 371 Å². The summed E-state index contributed by atoms with van der Waals surface area (Å²) in [5.74, 6) is 1.09. The van der Waals surface area contributed by atoms with Gasteiger partial charge in [0, 0.05) is 109 Å². The first-order valence-electron chi connectivity index (χ1n) is 48.2. The molecule has 0 aliphatic heterocycles. The summed E-state index contributed by atoms with van der Waals surface area (Å²) >= 11 is 0. The number of nitrogens with zero attached hydrogens (tertiary/aromatic N) is 13. The molecule has 8 aromatic carbocycles. The Labute approximate surface area is 1250 Å². The predicted octanol–water partition coefficient (Wildman–Crippen LogP) is 11.7. The summed E-state index contributed by atoms with van der Waals surface area (Å²) in [4.78, 5) is 35.2. The number of pyridine rings is 3. The van der Waals surface area contributed by atoms with Gasteiger partial charge in [0.25, 0.3) is 0 Å². The molecule has 8 heterocycles. The van der Waals surface area contributed by atoms with E-state index in [0.29, 0.717) is 11.8 Å². The van der Waals surface area contributed by atoms with Crippen molar-refractivity contribution in [3.8, 4) is 22.9 Å². The maximum Gasteiger partial charge on any atom is 1.00 e. The van der Waals surface area contributed by atoms with E-state index in [0.717, 1.165) is 33.2 Å². The number of rotatable bonds is 2. The largest absolute Gasteiger partial charge is 1.00 e. The van der Waals surface area contributed by atoms with Crippen LogP contribution >= 0.6 is 0 Å². The summed E-state index contributed by atoms with van der Waals surface area (Å²) in [6.07, 6.45) is 25.2. The van der Waals surface area contributed by atoms with Crippen molar-refractivity contribution in [2.75, 3.05) is 0 Å². The van der Waals surface area contributed by atoms with E-state index in [1.165, 1.54) is 39.0 Å². The Morgan fingerprint density at radius 3 is 0.659 bits per heavy atom. The SMILES string of the molecule is CC.CC.CC.CC.CC.CC.CC.CC.CC.CC.CC.CC.CC.CC.CC.CC.CC.CC.CC.CC.Cc1cccc2ccccc12.Cc1ccccc1.[H-].[H-].[H-].[H-].[H-].[H-].[H-].[H-].[H-].[K+].[K+].[K+].[K+].[K+].[K+].[K+].[K+].[K+].c1ccc(-c2nnc(-c3ccccc3)o2)cc1.c1ccc2ncccc2c1.c1ccc2ncccc2c1.c1ccc2nccnc2c1.c1ccncc1.c1ccnnc1.c1cnccn1.c1cncnc1. The van der Waals surface area contributed by atoms with Crippen molar-refractivity contribution < 1.29 is 480 Å². The Hall–Kier alpha value is 2.44. The molecule has 0 amide bonds. The normalized spacial score (nSPS) is 6.97. The monoisotopic (exact) mass is 2120 g/mol. The minimum Gasteiger partial charge on any atom is -1.00 e. The van der Waals surface area contributed by atoms with Crippen LogP contribution in [0.3, 0.4) is 0 Å². The Kier molecular flexibility index (Phi) is 278. The zero-order chi connectivity index (χ0) is 102. The second-order valence-electron chi connectivity index (χ2n) is 18.3. The number of aromatic nitrogens is 13. The molecule has 14 nitrogen and oxygen atoms in total. The first kappa shape index (κ1) is 198. The minimum atomic E-state index is 0. The van der Waals surface area contributed by atoms with Gasteiger partial charge >= 0.3 is 462 Å². The number of hydrogen-bond acceptors (Lipinski definition) is 14. The van der Waals surface area contributed by atoms with Gasteiger partial charge in [-0.3, -0.25) is 34.9 Å². The third kappa shape index (κ3) is 129. The van der Waals surface area contributed by atoms with Gasteiger partial charge in [0.1, 0.15) is 6.33 Å². The molecule has 138 heavy (non-hydrogen) atoms. The molecule has 16 rings (SSSR count). The topological polar surface area (TPSA) is 181 Å². The number of fused-ring (bicyclic) bond motifs is 4. The van der Waals surface area contributed by atoms with Crippen LogP contribution in [0.25, 0.3) is 66.5 Å². The molecule has 0 atom stereocenters. The molecule has 8 aromatic heterocycles. The van der Waals surface area contributed by atoms with Crippen LogP contribution in [0.4, 0.5) is 0 Å². The van der Waals surface area contributed by atoms with E-state index in [2.05, 4.69) is 158 Å².